The van der Waals surface area contributed by atoms with Crippen molar-refractivity contribution in [2.75, 3.05) is 21.3 Å². The molecule has 0 aliphatic rings. The van der Waals surface area contributed by atoms with Gasteiger partial charge in [-0.05, 0) is 31.1 Å². The Morgan fingerprint density at radius 1 is 1.04 bits per heavy atom. The predicted molar refractivity (Wildman–Crippen MR) is 117 cm³/mol. The molecule has 0 fully saturated rings. The van der Waals surface area contributed by atoms with E-state index in [0.717, 1.165) is 12.0 Å². The number of hydrogen-bond acceptors (Lipinski definition) is 4. The van der Waals surface area contributed by atoms with Crippen LogP contribution in [0, 0.1) is 11.3 Å². The van der Waals surface area contributed by atoms with Crippen LogP contribution in [0.15, 0.2) is 37.4 Å². The standard InChI is InChI=1S/C24H38O4/c1-10-12-24(25,23(5,6)11-2)16-18(13-17(3)4)22-20(27-8)14-19(26-7)15-21(22)28-9/h10-11,14-15,17-18,25H,1-2,12-13,16H2,3-9H3. The summed E-state index contributed by atoms with van der Waals surface area (Å²) in [5, 5.41) is 11.7. The molecule has 0 heterocycles. The maximum absolute atomic E-state index is 11.7. The third-order valence-electron chi connectivity index (χ3n) is 5.69. The summed E-state index contributed by atoms with van der Waals surface area (Å²) in [4.78, 5) is 0. The molecule has 1 aromatic carbocycles. The first-order valence-electron chi connectivity index (χ1n) is 9.85. The molecular weight excluding hydrogens is 352 g/mol. The summed E-state index contributed by atoms with van der Waals surface area (Å²) < 4.78 is 16.8. The second-order valence-corrected chi connectivity index (χ2v) is 8.43. The Kier molecular flexibility index (Phi) is 8.62. The highest BCUT2D eigenvalue weighted by molar-refractivity contribution is 5.52. The van der Waals surface area contributed by atoms with Crippen LogP contribution in [0.3, 0.4) is 0 Å². The summed E-state index contributed by atoms with van der Waals surface area (Å²) in [6.07, 6.45) is 5.49. The Morgan fingerprint density at radius 2 is 1.57 bits per heavy atom. The summed E-state index contributed by atoms with van der Waals surface area (Å²) in [6, 6.07) is 3.74. The Labute approximate surface area is 171 Å². The van der Waals surface area contributed by atoms with Crippen LogP contribution in [0.1, 0.15) is 58.4 Å². The van der Waals surface area contributed by atoms with E-state index in [4.69, 9.17) is 14.2 Å². The minimum Gasteiger partial charge on any atom is -0.496 e. The van der Waals surface area contributed by atoms with Gasteiger partial charge in [0, 0.05) is 23.1 Å². The van der Waals surface area contributed by atoms with Gasteiger partial charge in [-0.25, -0.2) is 0 Å². The van der Waals surface area contributed by atoms with E-state index in [-0.39, 0.29) is 5.92 Å². The molecule has 0 spiro atoms. The van der Waals surface area contributed by atoms with Crippen molar-refractivity contribution in [3.63, 3.8) is 0 Å². The van der Waals surface area contributed by atoms with Gasteiger partial charge >= 0.3 is 0 Å². The summed E-state index contributed by atoms with van der Waals surface area (Å²) in [5.41, 5.74) is -0.517. The first-order valence-corrected chi connectivity index (χ1v) is 9.85. The molecule has 2 atom stereocenters. The predicted octanol–water partition coefficient (Wildman–Crippen LogP) is 5.75. The molecule has 1 N–H and O–H groups in total. The lowest BCUT2D eigenvalue weighted by atomic mass is 9.66. The molecule has 28 heavy (non-hydrogen) atoms. The zero-order valence-electron chi connectivity index (χ0n) is 18.7. The average molecular weight is 391 g/mol. The van der Waals surface area contributed by atoms with Crippen LogP contribution in [0.25, 0.3) is 0 Å². The molecule has 0 aliphatic heterocycles. The number of methoxy groups -OCH3 is 3. The average Bonchev–Trinajstić information content (AvgIpc) is 2.65. The Bertz CT molecular complexity index is 638. The van der Waals surface area contributed by atoms with E-state index < -0.39 is 11.0 Å². The van der Waals surface area contributed by atoms with Gasteiger partial charge in [-0.1, -0.05) is 39.8 Å². The smallest absolute Gasteiger partial charge is 0.129 e. The molecule has 2 unspecified atom stereocenters. The van der Waals surface area contributed by atoms with Crippen molar-refractivity contribution < 1.29 is 19.3 Å². The Morgan fingerprint density at radius 3 is 1.93 bits per heavy atom. The highest BCUT2D eigenvalue weighted by Gasteiger charge is 2.43. The molecule has 0 bridgehead atoms. The van der Waals surface area contributed by atoms with Gasteiger partial charge in [0.2, 0.25) is 0 Å². The Balaban J connectivity index is 3.58. The van der Waals surface area contributed by atoms with Gasteiger partial charge in [-0.2, -0.15) is 0 Å². The van der Waals surface area contributed by atoms with Crippen LogP contribution >= 0.6 is 0 Å². The van der Waals surface area contributed by atoms with Crippen LogP contribution in [0.4, 0.5) is 0 Å². The SMILES string of the molecule is C=CCC(O)(CC(CC(C)C)c1c(OC)cc(OC)cc1OC)C(C)(C)C=C. The molecule has 0 radical (unpaired) electrons. The number of rotatable bonds is 12. The van der Waals surface area contributed by atoms with Crippen molar-refractivity contribution in [2.24, 2.45) is 11.3 Å². The van der Waals surface area contributed by atoms with E-state index in [1.165, 1.54) is 0 Å². The Hall–Kier alpha value is -1.94. The van der Waals surface area contributed by atoms with E-state index in [2.05, 4.69) is 27.0 Å². The number of hydrogen-bond donors (Lipinski definition) is 1. The summed E-state index contributed by atoms with van der Waals surface area (Å²) >= 11 is 0. The molecule has 0 saturated carbocycles. The second kappa shape index (κ2) is 10.0. The normalized spacial score (nSPS) is 14.9. The quantitative estimate of drug-likeness (QED) is 0.462. The molecule has 4 heteroatoms. The zero-order chi connectivity index (χ0) is 21.5. The fraction of sp³-hybridized carbons (Fsp3) is 0.583. The van der Waals surface area contributed by atoms with Crippen LogP contribution in [0.2, 0.25) is 0 Å². The first kappa shape index (κ1) is 24.1. The second-order valence-electron chi connectivity index (χ2n) is 8.43. The van der Waals surface area contributed by atoms with Gasteiger partial charge in [-0.15, -0.1) is 13.2 Å². The van der Waals surface area contributed by atoms with E-state index in [1.54, 1.807) is 27.4 Å². The lowest BCUT2D eigenvalue weighted by molar-refractivity contribution is -0.0536. The zero-order valence-corrected chi connectivity index (χ0v) is 18.7. The van der Waals surface area contributed by atoms with E-state index in [9.17, 15) is 5.11 Å². The maximum atomic E-state index is 11.7. The van der Waals surface area contributed by atoms with Gasteiger partial charge in [0.25, 0.3) is 0 Å². The molecular formula is C24H38O4. The van der Waals surface area contributed by atoms with Gasteiger partial charge < -0.3 is 19.3 Å². The molecule has 0 amide bonds. The fourth-order valence-electron chi connectivity index (χ4n) is 3.75. The number of aliphatic hydroxyl groups is 1. The first-order chi connectivity index (χ1) is 13.1. The monoisotopic (exact) mass is 390 g/mol. The third kappa shape index (κ3) is 5.32. The van der Waals surface area contributed by atoms with Crippen LogP contribution in [-0.4, -0.2) is 32.0 Å². The van der Waals surface area contributed by atoms with Crippen molar-refractivity contribution in [1.29, 1.82) is 0 Å². The minimum absolute atomic E-state index is 0.0278. The fourth-order valence-corrected chi connectivity index (χ4v) is 3.75. The number of ether oxygens (including phenoxy) is 3. The van der Waals surface area contributed by atoms with E-state index in [1.807, 2.05) is 32.1 Å². The summed E-state index contributed by atoms with van der Waals surface area (Å²) in [6.45, 7) is 16.2. The van der Waals surface area contributed by atoms with Crippen LogP contribution in [-0.2, 0) is 0 Å². The van der Waals surface area contributed by atoms with Crippen molar-refractivity contribution in [1.82, 2.24) is 0 Å². The molecule has 158 valence electrons. The van der Waals surface area contributed by atoms with Crippen molar-refractivity contribution in [3.05, 3.63) is 43.0 Å². The molecule has 1 rings (SSSR count). The van der Waals surface area contributed by atoms with Crippen molar-refractivity contribution in [2.45, 2.75) is 58.5 Å². The van der Waals surface area contributed by atoms with Crippen molar-refractivity contribution in [3.8, 4) is 17.2 Å². The number of benzene rings is 1. The highest BCUT2D eigenvalue weighted by Crippen LogP contribution is 2.48. The van der Waals surface area contributed by atoms with Crippen LogP contribution in [0.5, 0.6) is 17.2 Å². The minimum atomic E-state index is -0.994. The van der Waals surface area contributed by atoms with Gasteiger partial charge in [0.05, 0.1) is 26.9 Å². The molecule has 0 aromatic heterocycles. The summed E-state index contributed by atoms with van der Waals surface area (Å²) in [7, 11) is 4.91. The van der Waals surface area contributed by atoms with E-state index in [0.29, 0.717) is 36.0 Å². The lowest BCUT2D eigenvalue weighted by Crippen LogP contribution is -2.44. The summed E-state index contributed by atoms with van der Waals surface area (Å²) in [5.74, 6) is 2.55. The van der Waals surface area contributed by atoms with Crippen molar-refractivity contribution >= 4 is 0 Å². The van der Waals surface area contributed by atoms with Gasteiger partial charge in [-0.3, -0.25) is 0 Å². The highest BCUT2D eigenvalue weighted by atomic mass is 16.5. The maximum Gasteiger partial charge on any atom is 0.129 e. The van der Waals surface area contributed by atoms with Gasteiger partial charge in [0.15, 0.2) is 0 Å². The van der Waals surface area contributed by atoms with Crippen LogP contribution < -0.4 is 14.2 Å². The molecule has 0 saturated heterocycles. The lowest BCUT2D eigenvalue weighted by Gasteiger charge is -2.43. The molecule has 1 aromatic rings. The topological polar surface area (TPSA) is 47.9 Å². The largest absolute Gasteiger partial charge is 0.496 e. The molecule has 0 aliphatic carbocycles. The van der Waals surface area contributed by atoms with Gasteiger partial charge in [0.1, 0.15) is 17.2 Å². The van der Waals surface area contributed by atoms with E-state index >= 15 is 0 Å². The third-order valence-corrected chi connectivity index (χ3v) is 5.69. The molecule has 4 nitrogen and oxygen atoms in total.